The van der Waals surface area contributed by atoms with Crippen LogP contribution in [-0.4, -0.2) is 158 Å². The number of nitrogens with one attached hydrogen (secondary N) is 9. The maximum Gasteiger partial charge on any atom is 0.325 e. The largest absolute Gasteiger partial charge is 0.480 e. The van der Waals surface area contributed by atoms with E-state index in [4.69, 9.17) is 16.6 Å². The molecule has 1 heterocycles. The van der Waals surface area contributed by atoms with Gasteiger partial charge in [-0.05, 0) is 62.1 Å². The highest BCUT2D eigenvalue weighted by Gasteiger charge is 2.36. The highest BCUT2D eigenvalue weighted by atomic mass is 16.4. The van der Waals surface area contributed by atoms with Crippen LogP contribution in [0.15, 0.2) is 60.8 Å². The molecule has 0 aliphatic heterocycles. The fourth-order valence-corrected chi connectivity index (χ4v) is 7.71. The molecule has 25 heteroatoms. The van der Waals surface area contributed by atoms with Gasteiger partial charge in [0.1, 0.15) is 48.3 Å². The standard InChI is InChI=1S/C50H73N11O14/c1-25(2)18-32(51)42(66)56-35(19-26(3)4)44(68)58-37(21-30-22-53-33-15-11-10-14-31(30)33)46(70)59-39(24-63)48(72)57-36(20-29-12-8-7-9-13-29)45(69)55-34(16-17-40(52)65)43(67)61-41(28(6)64)49(73)60-38(23-62)47(71)54-27(5)50(74)75/h7-15,22,25-28,32,34-39,41,53,62-64H,16-21,23-24,51H2,1-6H3,(H2,52,65)(H,54,71)(H,55,69)(H,56,66)(H,57,72)(H,58,68)(H,59,70)(H,60,73)(H,61,67)(H,74,75)/t27-,28+,32-,34-,35-,36-,37-,38-,39-,41-/m0/s1. The first kappa shape index (κ1) is 61.8. The van der Waals surface area contributed by atoms with Crippen molar-refractivity contribution in [2.45, 2.75) is 141 Å². The van der Waals surface area contributed by atoms with Gasteiger partial charge in [0.05, 0.1) is 25.4 Å². The Bertz CT molecular complexity index is 2450. The average Bonchev–Trinajstić information content (AvgIpc) is 3.76. The summed E-state index contributed by atoms with van der Waals surface area (Å²) in [5.41, 5.74) is 13.3. The summed E-state index contributed by atoms with van der Waals surface area (Å²) in [5.74, 6) is -10.2. The van der Waals surface area contributed by atoms with Crippen LogP contribution in [0.1, 0.15) is 78.4 Å². The smallest absolute Gasteiger partial charge is 0.325 e. The van der Waals surface area contributed by atoms with E-state index in [1.165, 1.54) is 0 Å². The zero-order valence-corrected chi connectivity index (χ0v) is 42.9. The van der Waals surface area contributed by atoms with Gasteiger partial charge in [0.2, 0.25) is 53.2 Å². The number of aliphatic hydroxyl groups excluding tert-OH is 3. The predicted molar refractivity (Wildman–Crippen MR) is 272 cm³/mol. The Labute approximate surface area is 433 Å². The van der Waals surface area contributed by atoms with Crippen LogP contribution in [0.3, 0.4) is 0 Å². The first-order valence-corrected chi connectivity index (χ1v) is 24.5. The number of aliphatic carboxylic acids is 1. The van der Waals surface area contributed by atoms with Crippen LogP contribution in [-0.2, 0) is 60.8 Å². The highest BCUT2D eigenvalue weighted by molar-refractivity contribution is 5.99. The molecule has 0 unspecified atom stereocenters. The molecule has 3 rings (SSSR count). The molecule has 0 saturated heterocycles. The van der Waals surface area contributed by atoms with Crippen molar-refractivity contribution in [1.29, 1.82) is 0 Å². The van der Waals surface area contributed by atoms with Crippen molar-refractivity contribution in [1.82, 2.24) is 47.5 Å². The number of carbonyl (C=O) groups excluding carboxylic acids is 9. The number of hydrogen-bond acceptors (Lipinski definition) is 14. The SMILES string of the molecule is CC(C)C[C@H](NC(=O)[C@@H](N)CC(C)C)C(=O)N[C@@H](Cc1c[nH]c2ccccc12)C(=O)N[C@@H](CO)C(=O)N[C@@H](Cc1ccccc1)C(=O)N[C@@H](CCC(N)=O)C(=O)N[C@H](C(=O)N[C@@H](CO)C(=O)N[C@@H](C)C(=O)O)[C@@H](C)O. The van der Waals surface area contributed by atoms with Gasteiger partial charge in [-0.1, -0.05) is 76.2 Å². The molecule has 25 nitrogen and oxygen atoms in total. The Morgan fingerprint density at radius 1 is 0.547 bits per heavy atom. The summed E-state index contributed by atoms with van der Waals surface area (Å²) in [6, 6.07) is 1.89. The van der Waals surface area contributed by atoms with Crippen LogP contribution in [0, 0.1) is 11.8 Å². The lowest BCUT2D eigenvalue weighted by atomic mass is 9.99. The summed E-state index contributed by atoms with van der Waals surface area (Å²) >= 11 is 0. The third-order valence-corrected chi connectivity index (χ3v) is 11.8. The fraction of sp³-hybridized carbons (Fsp3) is 0.520. The van der Waals surface area contributed by atoms with Crippen molar-refractivity contribution in [3.8, 4) is 0 Å². The first-order valence-electron chi connectivity index (χ1n) is 24.5. The number of hydrogen-bond donors (Lipinski definition) is 15. The van der Waals surface area contributed by atoms with Gasteiger partial charge in [0, 0.05) is 36.4 Å². The summed E-state index contributed by atoms with van der Waals surface area (Å²) in [7, 11) is 0. The van der Waals surface area contributed by atoms with E-state index in [0.29, 0.717) is 17.5 Å². The van der Waals surface area contributed by atoms with E-state index in [9.17, 15) is 63.3 Å². The second-order valence-electron chi connectivity index (χ2n) is 19.2. The van der Waals surface area contributed by atoms with E-state index < -0.39 is 146 Å². The summed E-state index contributed by atoms with van der Waals surface area (Å²) < 4.78 is 0. The molecule has 0 spiro atoms. The Balaban J connectivity index is 1.93. The Morgan fingerprint density at radius 3 is 1.56 bits per heavy atom. The van der Waals surface area contributed by atoms with Crippen molar-refractivity contribution in [2.75, 3.05) is 13.2 Å². The Morgan fingerprint density at radius 2 is 1.01 bits per heavy atom. The molecule has 17 N–H and O–H groups in total. The molecule has 0 fully saturated rings. The van der Waals surface area contributed by atoms with Gasteiger partial charge in [-0.3, -0.25) is 47.9 Å². The molecule has 0 saturated carbocycles. The Kier molecular flexibility index (Phi) is 24.7. The average molecular weight is 1050 g/mol. The van der Waals surface area contributed by atoms with E-state index >= 15 is 0 Å². The lowest BCUT2D eigenvalue weighted by Crippen LogP contribution is -2.62. The van der Waals surface area contributed by atoms with Crippen molar-refractivity contribution in [3.05, 3.63) is 71.9 Å². The molecular weight excluding hydrogens is 979 g/mol. The summed E-state index contributed by atoms with van der Waals surface area (Å²) in [5, 5.41) is 60.0. The Hall–Kier alpha value is -7.48. The van der Waals surface area contributed by atoms with E-state index in [-0.39, 0.29) is 31.1 Å². The quantitative estimate of drug-likeness (QED) is 0.0305. The van der Waals surface area contributed by atoms with Crippen LogP contribution < -0.4 is 54.0 Å². The summed E-state index contributed by atoms with van der Waals surface area (Å²) in [4.78, 5) is 136. The van der Waals surface area contributed by atoms with E-state index in [1.807, 2.05) is 27.7 Å². The van der Waals surface area contributed by atoms with Gasteiger partial charge in [-0.15, -0.1) is 0 Å². The monoisotopic (exact) mass is 1050 g/mol. The maximum absolute atomic E-state index is 14.3. The van der Waals surface area contributed by atoms with Gasteiger partial charge in [-0.25, -0.2) is 0 Å². The van der Waals surface area contributed by atoms with Gasteiger partial charge in [-0.2, -0.15) is 0 Å². The van der Waals surface area contributed by atoms with Crippen molar-refractivity contribution >= 4 is 70.0 Å². The number of H-pyrrole nitrogens is 1. The van der Waals surface area contributed by atoms with Crippen molar-refractivity contribution in [3.63, 3.8) is 0 Å². The van der Waals surface area contributed by atoms with Gasteiger partial charge >= 0.3 is 5.97 Å². The van der Waals surface area contributed by atoms with E-state index in [1.54, 1.807) is 60.8 Å². The van der Waals surface area contributed by atoms with Gasteiger partial charge in [0.25, 0.3) is 0 Å². The van der Waals surface area contributed by atoms with Crippen molar-refractivity contribution < 1.29 is 68.4 Å². The molecule has 412 valence electrons. The third kappa shape index (κ3) is 20.1. The number of nitrogens with two attached hydrogens (primary N) is 2. The number of fused-ring (bicyclic) bond motifs is 1. The molecule has 1 aromatic heterocycles. The lowest BCUT2D eigenvalue weighted by Gasteiger charge is -2.28. The maximum atomic E-state index is 14.3. The zero-order chi connectivity index (χ0) is 56.1. The number of benzene rings is 2. The van der Waals surface area contributed by atoms with Crippen LogP contribution in [0.5, 0.6) is 0 Å². The number of amides is 9. The molecule has 2 aromatic carbocycles. The molecule has 3 aromatic rings. The molecular formula is C50H73N11O14. The van der Waals surface area contributed by atoms with E-state index in [2.05, 4.69) is 47.5 Å². The van der Waals surface area contributed by atoms with Crippen LogP contribution >= 0.6 is 0 Å². The van der Waals surface area contributed by atoms with E-state index in [0.717, 1.165) is 24.8 Å². The minimum atomic E-state index is -1.87. The molecule has 0 aliphatic carbocycles. The summed E-state index contributed by atoms with van der Waals surface area (Å²) in [6.45, 7) is 7.65. The number of rotatable bonds is 31. The fourth-order valence-electron chi connectivity index (χ4n) is 7.71. The minimum Gasteiger partial charge on any atom is -0.480 e. The minimum absolute atomic E-state index is 0.0805. The molecule has 75 heavy (non-hydrogen) atoms. The number of aromatic nitrogens is 1. The normalized spacial score (nSPS) is 15.3. The lowest BCUT2D eigenvalue weighted by molar-refractivity contribution is -0.142. The third-order valence-electron chi connectivity index (χ3n) is 11.8. The number of carbonyl (C=O) groups is 10. The second-order valence-corrected chi connectivity index (χ2v) is 19.2. The van der Waals surface area contributed by atoms with Crippen LogP contribution in [0.25, 0.3) is 10.9 Å². The summed E-state index contributed by atoms with van der Waals surface area (Å²) in [6.07, 6.45) is -0.885. The predicted octanol–water partition coefficient (Wildman–Crippen LogP) is -3.01. The van der Waals surface area contributed by atoms with Crippen LogP contribution in [0.4, 0.5) is 0 Å². The zero-order valence-electron chi connectivity index (χ0n) is 42.9. The van der Waals surface area contributed by atoms with Gasteiger partial charge < -0.3 is 79.4 Å². The molecule has 9 amide bonds. The molecule has 0 bridgehead atoms. The number of aliphatic hydroxyl groups is 3. The first-order chi connectivity index (χ1) is 35.3. The second kappa shape index (κ2) is 30.0. The molecule has 10 atom stereocenters. The van der Waals surface area contributed by atoms with Crippen LogP contribution in [0.2, 0.25) is 0 Å². The highest BCUT2D eigenvalue weighted by Crippen LogP contribution is 2.20. The van der Waals surface area contributed by atoms with Crippen molar-refractivity contribution in [2.24, 2.45) is 23.3 Å². The number of aromatic amines is 1. The number of para-hydroxylation sites is 1. The van der Waals surface area contributed by atoms with Gasteiger partial charge in [0.15, 0.2) is 0 Å². The number of primary amides is 1. The topological polar surface area (TPSA) is 416 Å². The number of carboxylic acid groups (broad SMARTS) is 1. The number of carboxylic acids is 1. The molecule has 0 radical (unpaired) electrons. The molecule has 0 aliphatic rings.